The number of hydrogen-bond donors (Lipinski definition) is 2. The van der Waals surface area contributed by atoms with E-state index in [1.165, 1.54) is 44.7 Å². The summed E-state index contributed by atoms with van der Waals surface area (Å²) in [6, 6.07) is 7.45. The summed E-state index contributed by atoms with van der Waals surface area (Å²) in [6.07, 6.45) is 1.64. The number of phenols is 1. The topological polar surface area (TPSA) is 101 Å². The molecule has 0 amide bonds. The van der Waals surface area contributed by atoms with Gasteiger partial charge >= 0.3 is 5.97 Å². The summed E-state index contributed by atoms with van der Waals surface area (Å²) in [5.41, 5.74) is -0.0957. The third kappa shape index (κ3) is 8.63. The molecule has 2 aromatic carbocycles. The second kappa shape index (κ2) is 14.0. The summed E-state index contributed by atoms with van der Waals surface area (Å²) in [7, 11) is 0. The predicted molar refractivity (Wildman–Crippen MR) is 135 cm³/mol. The second-order valence-corrected chi connectivity index (χ2v) is 9.86. The van der Waals surface area contributed by atoms with Crippen molar-refractivity contribution in [3.05, 3.63) is 52.8 Å². The van der Waals surface area contributed by atoms with Crippen molar-refractivity contribution in [3.63, 3.8) is 0 Å². The largest absolute Gasteiger partial charge is 0.507 e. The average Bonchev–Trinajstić information content (AvgIpc) is 2.75. The minimum absolute atomic E-state index is 0. The van der Waals surface area contributed by atoms with Gasteiger partial charge in [0.2, 0.25) is 0 Å². The molecule has 0 saturated carbocycles. The van der Waals surface area contributed by atoms with E-state index >= 15 is 0 Å². The van der Waals surface area contributed by atoms with E-state index in [0.717, 1.165) is 12.5 Å². The molecule has 0 heterocycles. The number of carbonyl (C=O) groups is 3. The molecule has 1 radical (unpaired) electrons. The molecule has 0 spiro atoms. The van der Waals surface area contributed by atoms with Gasteiger partial charge in [-0.15, -0.1) is 11.8 Å². The smallest absolute Gasteiger partial charge is 0.304 e. The van der Waals surface area contributed by atoms with Gasteiger partial charge in [0.25, 0.3) is 0 Å². The Labute approximate surface area is 231 Å². The number of carboxylic acid groups (broad SMARTS) is 1. The number of benzene rings is 2. The van der Waals surface area contributed by atoms with E-state index in [4.69, 9.17) is 9.84 Å². The number of thioether (sulfide) groups is 1. The molecule has 0 aromatic heterocycles. The fourth-order valence-corrected chi connectivity index (χ4v) is 4.40. The van der Waals surface area contributed by atoms with Crippen molar-refractivity contribution in [1.29, 1.82) is 0 Å². The van der Waals surface area contributed by atoms with Crippen LogP contribution in [0, 0.1) is 11.2 Å². The van der Waals surface area contributed by atoms with Gasteiger partial charge in [0, 0.05) is 56.7 Å². The fourth-order valence-electron chi connectivity index (χ4n) is 3.56. The molecule has 6 nitrogen and oxygen atoms in total. The Morgan fingerprint density at radius 1 is 1.14 bits per heavy atom. The molecule has 0 fully saturated rings. The van der Waals surface area contributed by atoms with Gasteiger partial charge in [-0.25, -0.2) is 4.39 Å². The Morgan fingerprint density at radius 2 is 1.83 bits per heavy atom. The van der Waals surface area contributed by atoms with E-state index in [9.17, 15) is 23.9 Å². The summed E-state index contributed by atoms with van der Waals surface area (Å²) in [4.78, 5) is 35.6. The molecule has 0 aliphatic rings. The van der Waals surface area contributed by atoms with Gasteiger partial charge in [-0.1, -0.05) is 33.3 Å². The summed E-state index contributed by atoms with van der Waals surface area (Å²) < 4.78 is 20.4. The number of hydrogen-bond acceptors (Lipinski definition) is 6. The third-order valence-corrected chi connectivity index (χ3v) is 6.46. The van der Waals surface area contributed by atoms with Crippen molar-refractivity contribution in [2.75, 3.05) is 12.4 Å². The van der Waals surface area contributed by atoms with Gasteiger partial charge in [-0.3, -0.25) is 14.4 Å². The molecular formula is C26H31FNaO6S. The zero-order valence-electron chi connectivity index (χ0n) is 20.9. The summed E-state index contributed by atoms with van der Waals surface area (Å²) >= 11 is 1.29. The molecule has 185 valence electrons. The normalized spacial score (nSPS) is 11.0. The van der Waals surface area contributed by atoms with Crippen LogP contribution < -0.4 is 4.74 Å². The third-order valence-electron chi connectivity index (χ3n) is 5.32. The van der Waals surface area contributed by atoms with Crippen LogP contribution in [0.25, 0.3) is 0 Å². The van der Waals surface area contributed by atoms with Crippen LogP contribution in [0.2, 0.25) is 0 Å². The van der Waals surface area contributed by atoms with E-state index in [1.54, 1.807) is 12.1 Å². The summed E-state index contributed by atoms with van der Waals surface area (Å²) in [5, 5.41) is 19.4. The number of phenolic OH excluding ortho intramolecular Hbond substituents is 1. The molecule has 0 aliphatic heterocycles. The van der Waals surface area contributed by atoms with Crippen LogP contribution in [0.5, 0.6) is 11.5 Å². The van der Waals surface area contributed by atoms with Crippen molar-refractivity contribution >= 4 is 58.9 Å². The van der Waals surface area contributed by atoms with Crippen LogP contribution in [-0.2, 0) is 11.2 Å². The number of carbonyl (C=O) groups excluding carboxylic acids is 2. The molecule has 9 heteroatoms. The van der Waals surface area contributed by atoms with Crippen molar-refractivity contribution in [2.24, 2.45) is 5.41 Å². The Morgan fingerprint density at radius 3 is 2.40 bits per heavy atom. The number of Topliss-reactive ketones (excluding diaryl/α,β-unsaturated/α-hetero) is 2. The van der Waals surface area contributed by atoms with Gasteiger partial charge in [0.15, 0.2) is 11.6 Å². The van der Waals surface area contributed by atoms with Crippen molar-refractivity contribution in [1.82, 2.24) is 0 Å². The summed E-state index contributed by atoms with van der Waals surface area (Å²) in [6.45, 7) is 6.79. The first-order valence-electron chi connectivity index (χ1n) is 11.2. The molecule has 2 rings (SSSR count). The zero-order chi connectivity index (χ0) is 25.5. The van der Waals surface area contributed by atoms with Crippen molar-refractivity contribution < 1.29 is 33.7 Å². The molecule has 0 aliphatic carbocycles. The van der Waals surface area contributed by atoms with Crippen LogP contribution in [-0.4, -0.2) is 69.7 Å². The molecule has 2 aromatic rings. The standard InChI is InChI=1S/C26H31FO6S.Na/c1-5-7-19-21(10-9-18(16(2)28)24(19)31)33-12-6-13-34-22-11-8-17(14-20(22)27)25(32)26(3,4)15-23(29)30;/h8-11,14,31H,5-7,12-13,15H2,1-4H3,(H,29,30);. The van der Waals surface area contributed by atoms with E-state index in [-0.39, 0.29) is 58.6 Å². The van der Waals surface area contributed by atoms with E-state index in [2.05, 4.69) is 0 Å². The number of ketones is 2. The van der Waals surface area contributed by atoms with Gasteiger partial charge < -0.3 is 14.9 Å². The van der Waals surface area contributed by atoms with E-state index in [1.807, 2.05) is 6.92 Å². The van der Waals surface area contributed by atoms with E-state index in [0.29, 0.717) is 41.4 Å². The van der Waals surface area contributed by atoms with Crippen molar-refractivity contribution in [2.45, 2.75) is 58.3 Å². The number of ether oxygens (including phenoxy) is 1. The quantitative estimate of drug-likeness (QED) is 0.157. The second-order valence-electron chi connectivity index (χ2n) is 8.72. The van der Waals surface area contributed by atoms with Crippen LogP contribution in [0.4, 0.5) is 4.39 Å². The fraction of sp³-hybridized carbons (Fsp3) is 0.423. The zero-order valence-corrected chi connectivity index (χ0v) is 23.8. The molecule has 0 bridgehead atoms. The van der Waals surface area contributed by atoms with Gasteiger partial charge in [0.05, 0.1) is 18.6 Å². The Bertz CT molecular complexity index is 1070. The molecule has 0 atom stereocenters. The average molecular weight is 514 g/mol. The van der Waals surface area contributed by atoms with E-state index < -0.39 is 23.0 Å². The maximum absolute atomic E-state index is 14.5. The van der Waals surface area contributed by atoms with Gasteiger partial charge in [0.1, 0.15) is 17.3 Å². The molecule has 2 N–H and O–H groups in total. The first kappa shape index (κ1) is 31.2. The minimum Gasteiger partial charge on any atom is -0.507 e. The van der Waals surface area contributed by atoms with Gasteiger partial charge in [-0.2, -0.15) is 0 Å². The summed E-state index contributed by atoms with van der Waals surface area (Å²) in [5.74, 6) is -1.18. The first-order chi connectivity index (χ1) is 16.0. The number of aromatic hydroxyl groups is 1. The number of aliphatic carboxylic acids is 1. The Balaban J connectivity index is 0.00000612. The number of halogens is 1. The van der Waals surface area contributed by atoms with Crippen LogP contribution in [0.3, 0.4) is 0 Å². The van der Waals surface area contributed by atoms with Crippen LogP contribution in [0.1, 0.15) is 73.2 Å². The minimum atomic E-state index is -1.13. The number of rotatable bonds is 13. The maximum atomic E-state index is 14.5. The Kier molecular flexibility index (Phi) is 12.5. The first-order valence-corrected chi connectivity index (χ1v) is 12.1. The monoisotopic (exact) mass is 513 g/mol. The molecule has 0 saturated heterocycles. The number of carboxylic acids is 1. The predicted octanol–water partition coefficient (Wildman–Crippen LogP) is 5.55. The van der Waals surface area contributed by atoms with Crippen molar-refractivity contribution in [3.8, 4) is 11.5 Å². The molecule has 0 unspecified atom stereocenters. The Hall–Kier alpha value is -1.87. The molecule has 35 heavy (non-hydrogen) atoms. The van der Waals surface area contributed by atoms with Gasteiger partial charge in [-0.05, 0) is 44.0 Å². The SMILES string of the molecule is CCCc1c(OCCCSc2ccc(C(=O)C(C)(C)CC(=O)O)cc2F)ccc(C(C)=O)c1O.[Na]. The maximum Gasteiger partial charge on any atom is 0.304 e. The van der Waals surface area contributed by atoms with Crippen LogP contribution in [0.15, 0.2) is 35.2 Å². The molecular weight excluding hydrogens is 482 g/mol. The van der Waals surface area contributed by atoms with Crippen LogP contribution >= 0.6 is 11.8 Å².